The van der Waals surface area contributed by atoms with Crippen LogP contribution in [0.25, 0.3) is 11.3 Å². The molecule has 0 atom stereocenters. The van der Waals surface area contributed by atoms with Gasteiger partial charge in [0.15, 0.2) is 0 Å². The molecule has 2 N–H and O–H groups in total. The zero-order valence-electron chi connectivity index (χ0n) is 10.4. The number of hydrogen-bond acceptors (Lipinski definition) is 3. The van der Waals surface area contributed by atoms with Crippen LogP contribution in [0.1, 0.15) is 25.7 Å². The van der Waals surface area contributed by atoms with Gasteiger partial charge in [-0.05, 0) is 30.9 Å². The van der Waals surface area contributed by atoms with Crippen LogP contribution in [-0.4, -0.2) is 14.5 Å². The molecule has 2 aromatic heterocycles. The lowest BCUT2D eigenvalue weighted by atomic mass is 10.2. The van der Waals surface area contributed by atoms with Gasteiger partial charge in [0, 0.05) is 18.3 Å². The lowest BCUT2D eigenvalue weighted by Gasteiger charge is -2.09. The van der Waals surface area contributed by atoms with E-state index in [9.17, 15) is 0 Å². The van der Waals surface area contributed by atoms with E-state index in [1.54, 1.807) is 6.20 Å². The van der Waals surface area contributed by atoms with Crippen molar-refractivity contribution in [1.29, 1.82) is 0 Å². The highest BCUT2D eigenvalue weighted by molar-refractivity contribution is 5.70. The van der Waals surface area contributed by atoms with Crippen LogP contribution < -0.4 is 5.73 Å². The van der Waals surface area contributed by atoms with Gasteiger partial charge >= 0.3 is 0 Å². The molecule has 0 spiro atoms. The molecular formula is C14H18N4. The predicted molar refractivity (Wildman–Crippen MR) is 71.8 cm³/mol. The first-order valence-electron chi connectivity index (χ1n) is 6.55. The zero-order chi connectivity index (χ0) is 12.4. The van der Waals surface area contributed by atoms with E-state index >= 15 is 0 Å². The molecular weight excluding hydrogens is 224 g/mol. The van der Waals surface area contributed by atoms with Crippen molar-refractivity contribution < 1.29 is 0 Å². The third-order valence-corrected chi connectivity index (χ3v) is 3.54. The van der Waals surface area contributed by atoms with E-state index in [1.165, 1.54) is 25.7 Å². The molecule has 4 heteroatoms. The Morgan fingerprint density at radius 2 is 2.28 bits per heavy atom. The third kappa shape index (κ3) is 2.37. The molecule has 0 unspecified atom stereocenters. The van der Waals surface area contributed by atoms with E-state index in [2.05, 4.69) is 14.5 Å². The average Bonchev–Trinajstić information content (AvgIpc) is 3.08. The molecule has 3 rings (SSSR count). The van der Waals surface area contributed by atoms with Gasteiger partial charge in [0.2, 0.25) is 0 Å². The third-order valence-electron chi connectivity index (χ3n) is 3.54. The van der Waals surface area contributed by atoms with Gasteiger partial charge in [-0.15, -0.1) is 0 Å². The standard InChI is InChI=1S/C14H18N4/c15-14-12(4-1-7-17-14)13-9-16-10-18(13)8-2-3-11-5-6-11/h1,4,7,9-11H,2-3,5-6,8H2,(H2,15,17). The van der Waals surface area contributed by atoms with Crippen LogP contribution in [0.15, 0.2) is 30.9 Å². The van der Waals surface area contributed by atoms with Crippen LogP contribution >= 0.6 is 0 Å². The normalized spacial score (nSPS) is 14.9. The van der Waals surface area contributed by atoms with Crippen LogP contribution in [-0.2, 0) is 6.54 Å². The number of anilines is 1. The van der Waals surface area contributed by atoms with E-state index < -0.39 is 0 Å². The first kappa shape index (κ1) is 11.3. The van der Waals surface area contributed by atoms with Crippen molar-refractivity contribution in [1.82, 2.24) is 14.5 Å². The molecule has 1 saturated carbocycles. The quantitative estimate of drug-likeness (QED) is 0.877. The van der Waals surface area contributed by atoms with E-state index in [0.717, 1.165) is 23.7 Å². The van der Waals surface area contributed by atoms with Crippen LogP contribution in [0.3, 0.4) is 0 Å². The van der Waals surface area contributed by atoms with E-state index in [4.69, 9.17) is 5.73 Å². The monoisotopic (exact) mass is 242 g/mol. The average molecular weight is 242 g/mol. The molecule has 1 aliphatic carbocycles. The van der Waals surface area contributed by atoms with Crippen LogP contribution in [0.2, 0.25) is 0 Å². The number of aryl methyl sites for hydroxylation is 1. The number of nitrogens with zero attached hydrogens (tertiary/aromatic N) is 3. The molecule has 0 radical (unpaired) electrons. The Hall–Kier alpha value is -1.84. The molecule has 0 aliphatic heterocycles. The van der Waals surface area contributed by atoms with Crippen molar-refractivity contribution in [3.63, 3.8) is 0 Å². The summed E-state index contributed by atoms with van der Waals surface area (Å²) in [6, 6.07) is 3.91. The lowest BCUT2D eigenvalue weighted by molar-refractivity contribution is 0.580. The maximum Gasteiger partial charge on any atom is 0.132 e. The number of nitrogen functional groups attached to an aromatic ring is 1. The molecule has 0 amide bonds. The van der Waals surface area contributed by atoms with E-state index in [-0.39, 0.29) is 0 Å². The second kappa shape index (κ2) is 4.80. The minimum Gasteiger partial charge on any atom is -0.383 e. The van der Waals surface area contributed by atoms with E-state index in [0.29, 0.717) is 5.82 Å². The summed E-state index contributed by atoms with van der Waals surface area (Å²) in [5, 5.41) is 0. The van der Waals surface area contributed by atoms with Crippen molar-refractivity contribution in [3.8, 4) is 11.3 Å². The summed E-state index contributed by atoms with van der Waals surface area (Å²) in [6.07, 6.45) is 10.9. The molecule has 4 nitrogen and oxygen atoms in total. The van der Waals surface area contributed by atoms with Gasteiger partial charge in [-0.1, -0.05) is 12.8 Å². The Balaban J connectivity index is 1.75. The highest BCUT2D eigenvalue weighted by atomic mass is 15.0. The number of imidazole rings is 1. The molecule has 0 aromatic carbocycles. The summed E-state index contributed by atoms with van der Waals surface area (Å²) < 4.78 is 2.18. The first-order chi connectivity index (χ1) is 8.84. The summed E-state index contributed by atoms with van der Waals surface area (Å²) >= 11 is 0. The summed E-state index contributed by atoms with van der Waals surface area (Å²) in [5.74, 6) is 1.56. The Bertz CT molecular complexity index is 528. The van der Waals surface area contributed by atoms with Gasteiger partial charge in [0.25, 0.3) is 0 Å². The van der Waals surface area contributed by atoms with Crippen LogP contribution in [0.4, 0.5) is 5.82 Å². The fourth-order valence-corrected chi connectivity index (χ4v) is 2.31. The Labute approximate surface area is 107 Å². The Morgan fingerprint density at radius 3 is 3.06 bits per heavy atom. The fraction of sp³-hybridized carbons (Fsp3) is 0.429. The topological polar surface area (TPSA) is 56.7 Å². The second-order valence-electron chi connectivity index (χ2n) is 4.99. The van der Waals surface area contributed by atoms with Crippen LogP contribution in [0.5, 0.6) is 0 Å². The maximum absolute atomic E-state index is 5.92. The Morgan fingerprint density at radius 1 is 1.39 bits per heavy atom. The maximum atomic E-state index is 5.92. The Kier molecular flexibility index (Phi) is 3.00. The lowest BCUT2D eigenvalue weighted by Crippen LogP contribution is -2.01. The van der Waals surface area contributed by atoms with Crippen LogP contribution in [0, 0.1) is 5.92 Å². The van der Waals surface area contributed by atoms with Gasteiger partial charge < -0.3 is 10.3 Å². The van der Waals surface area contributed by atoms with Gasteiger partial charge in [0.1, 0.15) is 5.82 Å². The second-order valence-corrected chi connectivity index (χ2v) is 4.99. The number of nitrogens with two attached hydrogens (primary N) is 1. The van der Waals surface area contributed by atoms with Gasteiger partial charge in [-0.3, -0.25) is 0 Å². The molecule has 1 aliphatic rings. The smallest absolute Gasteiger partial charge is 0.132 e. The summed E-state index contributed by atoms with van der Waals surface area (Å²) in [4.78, 5) is 8.36. The number of hydrogen-bond donors (Lipinski definition) is 1. The number of pyridine rings is 1. The van der Waals surface area contributed by atoms with Crippen molar-refractivity contribution in [2.45, 2.75) is 32.2 Å². The van der Waals surface area contributed by atoms with E-state index in [1.807, 2.05) is 24.7 Å². The molecule has 2 heterocycles. The molecule has 0 saturated heterocycles. The predicted octanol–water partition coefficient (Wildman–Crippen LogP) is 2.72. The van der Waals surface area contributed by atoms with Gasteiger partial charge in [-0.25, -0.2) is 9.97 Å². The van der Waals surface area contributed by atoms with Crippen molar-refractivity contribution in [2.75, 3.05) is 5.73 Å². The number of rotatable bonds is 5. The first-order valence-corrected chi connectivity index (χ1v) is 6.55. The van der Waals surface area contributed by atoms with Gasteiger partial charge in [0.05, 0.1) is 18.2 Å². The van der Waals surface area contributed by atoms with Crippen molar-refractivity contribution in [2.24, 2.45) is 5.92 Å². The highest BCUT2D eigenvalue weighted by Gasteiger charge is 2.20. The number of aromatic nitrogens is 3. The summed E-state index contributed by atoms with van der Waals surface area (Å²) in [5.41, 5.74) is 7.95. The molecule has 0 bridgehead atoms. The zero-order valence-corrected chi connectivity index (χ0v) is 10.4. The minimum absolute atomic E-state index is 0.571. The molecule has 2 aromatic rings. The molecule has 18 heavy (non-hydrogen) atoms. The van der Waals surface area contributed by atoms with Crippen molar-refractivity contribution >= 4 is 5.82 Å². The SMILES string of the molecule is Nc1ncccc1-c1cncn1CCCC1CC1. The molecule has 94 valence electrons. The molecule has 1 fully saturated rings. The fourth-order valence-electron chi connectivity index (χ4n) is 2.31. The summed E-state index contributed by atoms with van der Waals surface area (Å²) in [7, 11) is 0. The van der Waals surface area contributed by atoms with Gasteiger partial charge in [-0.2, -0.15) is 0 Å². The largest absolute Gasteiger partial charge is 0.383 e. The summed E-state index contributed by atoms with van der Waals surface area (Å²) in [6.45, 7) is 1.01. The highest BCUT2D eigenvalue weighted by Crippen LogP contribution is 2.33. The van der Waals surface area contributed by atoms with Crippen molar-refractivity contribution in [3.05, 3.63) is 30.9 Å². The minimum atomic E-state index is 0.571.